The molecule has 2 unspecified atom stereocenters. The van der Waals surface area contributed by atoms with Gasteiger partial charge in [-0.2, -0.15) is 0 Å². The summed E-state index contributed by atoms with van der Waals surface area (Å²) in [6.07, 6.45) is 1.97. The SMILES string of the molecule is CCOC1CC(C(=O)OC)C=C(C)O1. The zero-order valence-electron chi connectivity index (χ0n) is 8.78. The molecule has 0 aliphatic carbocycles. The fourth-order valence-electron chi connectivity index (χ4n) is 1.46. The molecule has 80 valence electrons. The average Bonchev–Trinajstić information content (AvgIpc) is 2.16. The molecule has 4 heteroatoms. The van der Waals surface area contributed by atoms with Crippen LogP contribution in [0.15, 0.2) is 11.8 Å². The van der Waals surface area contributed by atoms with Gasteiger partial charge >= 0.3 is 5.97 Å². The molecule has 0 saturated carbocycles. The van der Waals surface area contributed by atoms with Crippen molar-refractivity contribution >= 4 is 5.97 Å². The molecule has 0 saturated heterocycles. The number of esters is 1. The van der Waals surface area contributed by atoms with Gasteiger partial charge in [0.1, 0.15) is 0 Å². The van der Waals surface area contributed by atoms with Crippen molar-refractivity contribution in [1.29, 1.82) is 0 Å². The highest BCUT2D eigenvalue weighted by Crippen LogP contribution is 2.23. The maximum absolute atomic E-state index is 11.3. The Labute approximate surface area is 83.8 Å². The molecule has 4 nitrogen and oxygen atoms in total. The van der Waals surface area contributed by atoms with Crippen molar-refractivity contribution in [2.45, 2.75) is 26.6 Å². The summed E-state index contributed by atoms with van der Waals surface area (Å²) < 4.78 is 15.4. The van der Waals surface area contributed by atoms with Crippen LogP contribution >= 0.6 is 0 Å². The molecule has 0 spiro atoms. The highest BCUT2D eigenvalue weighted by atomic mass is 16.7. The monoisotopic (exact) mass is 200 g/mol. The van der Waals surface area contributed by atoms with Crippen molar-refractivity contribution in [1.82, 2.24) is 0 Å². The van der Waals surface area contributed by atoms with Crippen LogP contribution < -0.4 is 0 Å². The predicted molar refractivity (Wildman–Crippen MR) is 50.4 cm³/mol. The third-order valence-corrected chi connectivity index (χ3v) is 2.06. The predicted octanol–water partition coefficient (Wildman–Crippen LogP) is 1.46. The first-order valence-electron chi connectivity index (χ1n) is 4.71. The number of carbonyl (C=O) groups is 1. The van der Waals surface area contributed by atoms with Crippen LogP contribution in [0.4, 0.5) is 0 Å². The average molecular weight is 200 g/mol. The minimum Gasteiger partial charge on any atom is -0.470 e. The van der Waals surface area contributed by atoms with Crippen LogP contribution in [-0.4, -0.2) is 26.0 Å². The van der Waals surface area contributed by atoms with E-state index in [1.54, 1.807) is 13.0 Å². The molecule has 0 aromatic heterocycles. The number of rotatable bonds is 3. The van der Waals surface area contributed by atoms with E-state index in [4.69, 9.17) is 9.47 Å². The van der Waals surface area contributed by atoms with Crippen molar-refractivity contribution in [3.63, 3.8) is 0 Å². The Bertz CT molecular complexity index is 234. The minimum atomic E-state index is -0.325. The van der Waals surface area contributed by atoms with Gasteiger partial charge in [-0.15, -0.1) is 0 Å². The molecule has 14 heavy (non-hydrogen) atoms. The molecule has 0 aromatic rings. The maximum Gasteiger partial charge on any atom is 0.312 e. The topological polar surface area (TPSA) is 44.8 Å². The Morgan fingerprint density at radius 1 is 1.71 bits per heavy atom. The lowest BCUT2D eigenvalue weighted by Gasteiger charge is -2.26. The second-order valence-electron chi connectivity index (χ2n) is 3.15. The van der Waals surface area contributed by atoms with Crippen LogP contribution in [0.1, 0.15) is 20.3 Å². The number of ether oxygens (including phenoxy) is 3. The van der Waals surface area contributed by atoms with Gasteiger partial charge in [0.2, 0.25) is 0 Å². The molecule has 0 amide bonds. The number of methoxy groups -OCH3 is 1. The van der Waals surface area contributed by atoms with E-state index in [-0.39, 0.29) is 18.2 Å². The fourth-order valence-corrected chi connectivity index (χ4v) is 1.46. The second-order valence-corrected chi connectivity index (χ2v) is 3.15. The molecule has 0 aromatic carbocycles. The quantitative estimate of drug-likeness (QED) is 0.647. The summed E-state index contributed by atoms with van der Waals surface area (Å²) in [6.45, 7) is 4.27. The van der Waals surface area contributed by atoms with Crippen LogP contribution in [0, 0.1) is 5.92 Å². The summed E-state index contributed by atoms with van der Waals surface area (Å²) in [5, 5.41) is 0. The van der Waals surface area contributed by atoms with Crippen molar-refractivity contribution in [2.75, 3.05) is 13.7 Å². The van der Waals surface area contributed by atoms with Crippen LogP contribution in [0.2, 0.25) is 0 Å². The molecule has 0 fully saturated rings. The molecule has 1 aliphatic heterocycles. The molecule has 0 bridgehead atoms. The number of carbonyl (C=O) groups excluding carboxylic acids is 1. The lowest BCUT2D eigenvalue weighted by molar-refractivity contribution is -0.157. The van der Waals surface area contributed by atoms with Crippen molar-refractivity contribution in [2.24, 2.45) is 5.92 Å². The Kier molecular flexibility index (Phi) is 3.95. The fraction of sp³-hybridized carbons (Fsp3) is 0.700. The summed E-state index contributed by atoms with van der Waals surface area (Å²) in [5.74, 6) is 0.229. The first-order valence-corrected chi connectivity index (χ1v) is 4.71. The highest BCUT2D eigenvalue weighted by Gasteiger charge is 2.27. The van der Waals surface area contributed by atoms with Crippen molar-refractivity contribution < 1.29 is 19.0 Å². The van der Waals surface area contributed by atoms with E-state index in [1.165, 1.54) is 7.11 Å². The highest BCUT2D eigenvalue weighted by molar-refractivity contribution is 5.74. The Balaban J connectivity index is 2.61. The zero-order valence-corrected chi connectivity index (χ0v) is 8.78. The van der Waals surface area contributed by atoms with Crippen LogP contribution in [0.25, 0.3) is 0 Å². The van der Waals surface area contributed by atoms with Crippen LogP contribution in [0.5, 0.6) is 0 Å². The summed E-state index contributed by atoms with van der Waals surface area (Å²) in [6, 6.07) is 0. The second kappa shape index (κ2) is 5.00. The number of hydrogen-bond acceptors (Lipinski definition) is 4. The summed E-state index contributed by atoms with van der Waals surface area (Å²) in [4.78, 5) is 11.3. The molecular formula is C10H16O4. The van der Waals surface area contributed by atoms with E-state index >= 15 is 0 Å². The molecule has 2 atom stereocenters. The Hall–Kier alpha value is -1.03. The van der Waals surface area contributed by atoms with E-state index in [9.17, 15) is 4.79 Å². The van der Waals surface area contributed by atoms with Gasteiger partial charge < -0.3 is 14.2 Å². The van der Waals surface area contributed by atoms with E-state index < -0.39 is 0 Å². The Morgan fingerprint density at radius 2 is 2.43 bits per heavy atom. The van der Waals surface area contributed by atoms with E-state index in [1.807, 2.05) is 6.92 Å². The van der Waals surface area contributed by atoms with Gasteiger partial charge in [-0.3, -0.25) is 4.79 Å². The van der Waals surface area contributed by atoms with Crippen LogP contribution in [0.3, 0.4) is 0 Å². The van der Waals surface area contributed by atoms with Gasteiger partial charge in [0.15, 0.2) is 6.29 Å². The van der Waals surface area contributed by atoms with Gasteiger partial charge in [-0.25, -0.2) is 0 Å². The van der Waals surface area contributed by atoms with E-state index in [0.29, 0.717) is 18.8 Å². The largest absolute Gasteiger partial charge is 0.470 e. The minimum absolute atomic E-state index is 0.239. The van der Waals surface area contributed by atoms with Gasteiger partial charge in [-0.05, 0) is 19.9 Å². The zero-order chi connectivity index (χ0) is 10.6. The van der Waals surface area contributed by atoms with Gasteiger partial charge in [0.05, 0.1) is 18.8 Å². The van der Waals surface area contributed by atoms with Crippen molar-refractivity contribution in [3.05, 3.63) is 11.8 Å². The smallest absolute Gasteiger partial charge is 0.312 e. The molecule has 1 aliphatic rings. The lowest BCUT2D eigenvalue weighted by atomic mass is 10.0. The summed E-state index contributed by atoms with van der Waals surface area (Å²) in [5.41, 5.74) is 0. The number of hydrogen-bond donors (Lipinski definition) is 0. The molecule has 0 N–H and O–H groups in total. The summed E-state index contributed by atoms with van der Waals surface area (Å²) >= 11 is 0. The lowest BCUT2D eigenvalue weighted by Crippen LogP contribution is -2.28. The van der Waals surface area contributed by atoms with Crippen LogP contribution in [-0.2, 0) is 19.0 Å². The third kappa shape index (κ3) is 2.73. The first-order chi connectivity index (χ1) is 6.67. The van der Waals surface area contributed by atoms with Gasteiger partial charge in [-0.1, -0.05) is 0 Å². The molecule has 1 heterocycles. The summed E-state index contributed by atoms with van der Waals surface area (Å²) in [7, 11) is 1.39. The molecular weight excluding hydrogens is 184 g/mol. The van der Waals surface area contributed by atoms with E-state index in [0.717, 1.165) is 0 Å². The maximum atomic E-state index is 11.3. The third-order valence-electron chi connectivity index (χ3n) is 2.06. The standard InChI is InChI=1S/C10H16O4/c1-4-13-9-6-8(10(11)12-3)5-7(2)14-9/h5,8-9H,4,6H2,1-3H3. The van der Waals surface area contributed by atoms with Gasteiger partial charge in [0, 0.05) is 13.0 Å². The molecule has 1 rings (SSSR count). The van der Waals surface area contributed by atoms with E-state index in [2.05, 4.69) is 4.74 Å². The first kappa shape index (κ1) is 11.0. The molecule has 0 radical (unpaired) electrons. The number of allylic oxidation sites excluding steroid dienone is 1. The normalized spacial score (nSPS) is 26.4. The van der Waals surface area contributed by atoms with Crippen molar-refractivity contribution in [3.8, 4) is 0 Å². The van der Waals surface area contributed by atoms with Gasteiger partial charge in [0.25, 0.3) is 0 Å². The Morgan fingerprint density at radius 3 is 3.00 bits per heavy atom.